The van der Waals surface area contributed by atoms with Crippen LogP contribution in [0, 0.1) is 0 Å². The van der Waals surface area contributed by atoms with Crippen molar-refractivity contribution in [3.63, 3.8) is 0 Å². The third-order valence-corrected chi connectivity index (χ3v) is 1.85. The Hall–Kier alpha value is -1.86. The van der Waals surface area contributed by atoms with Crippen LogP contribution in [0.4, 0.5) is 32.4 Å². The van der Waals surface area contributed by atoms with E-state index in [1.54, 1.807) is 0 Å². The van der Waals surface area contributed by atoms with Crippen molar-refractivity contribution < 1.29 is 26.7 Å². The number of urea groups is 1. The molecule has 0 saturated heterocycles. The number of nitrogens with one attached hydrogen (secondary N) is 1. The Bertz CT molecular complexity index is 430. The number of rotatable bonds is 2. The van der Waals surface area contributed by atoms with E-state index in [0.29, 0.717) is 12.1 Å². The normalized spacial score (nSPS) is 12.3. The Morgan fingerprint density at radius 1 is 1.18 bits per heavy atom. The van der Waals surface area contributed by atoms with Gasteiger partial charge in [-0.2, -0.15) is 22.0 Å². The largest absolute Gasteiger partial charge is 0.458 e. The molecular weight excluding hydrogens is 247 g/mol. The van der Waals surface area contributed by atoms with Crippen molar-refractivity contribution in [3.05, 3.63) is 29.8 Å². The van der Waals surface area contributed by atoms with Crippen LogP contribution in [0.1, 0.15) is 5.56 Å². The molecular formula is C9H7F5N2O. The monoisotopic (exact) mass is 254 g/mol. The van der Waals surface area contributed by atoms with Gasteiger partial charge in [0.25, 0.3) is 0 Å². The van der Waals surface area contributed by atoms with Gasteiger partial charge in [-0.3, -0.25) is 0 Å². The van der Waals surface area contributed by atoms with E-state index in [4.69, 9.17) is 5.73 Å². The molecule has 0 fully saturated rings. The molecule has 0 aliphatic heterocycles. The van der Waals surface area contributed by atoms with Gasteiger partial charge in [0.1, 0.15) is 0 Å². The molecule has 0 radical (unpaired) electrons. The zero-order valence-electron chi connectivity index (χ0n) is 8.18. The first-order valence-electron chi connectivity index (χ1n) is 4.26. The molecule has 0 saturated carbocycles. The Morgan fingerprint density at radius 2 is 1.76 bits per heavy atom. The molecule has 0 unspecified atom stereocenters. The standard InChI is InChI=1S/C9H7F5N2O/c10-8(11,9(12,13)14)5-2-1-3-6(4-5)16-7(15)17/h1-4H,(H3,15,16,17). The number of primary amides is 1. The maximum atomic E-state index is 12.9. The summed E-state index contributed by atoms with van der Waals surface area (Å²) in [7, 11) is 0. The van der Waals surface area contributed by atoms with E-state index in [1.165, 1.54) is 0 Å². The first-order chi connectivity index (χ1) is 7.64. The number of benzene rings is 1. The van der Waals surface area contributed by atoms with Gasteiger partial charge in [0.05, 0.1) is 0 Å². The molecule has 2 amide bonds. The van der Waals surface area contributed by atoms with Crippen molar-refractivity contribution in [3.8, 4) is 0 Å². The number of halogens is 5. The lowest BCUT2D eigenvalue weighted by Crippen LogP contribution is -2.33. The van der Waals surface area contributed by atoms with Crippen molar-refractivity contribution in [2.45, 2.75) is 12.1 Å². The van der Waals surface area contributed by atoms with Crippen LogP contribution in [0.5, 0.6) is 0 Å². The number of hydrogen-bond donors (Lipinski definition) is 2. The number of amides is 2. The van der Waals surface area contributed by atoms with Crippen molar-refractivity contribution in [1.82, 2.24) is 0 Å². The van der Waals surface area contributed by atoms with Crippen LogP contribution in [0.15, 0.2) is 24.3 Å². The van der Waals surface area contributed by atoms with E-state index in [9.17, 15) is 26.7 Å². The van der Waals surface area contributed by atoms with E-state index >= 15 is 0 Å². The number of hydrogen-bond acceptors (Lipinski definition) is 1. The quantitative estimate of drug-likeness (QED) is 0.783. The molecule has 0 atom stereocenters. The first kappa shape index (κ1) is 13.2. The summed E-state index contributed by atoms with van der Waals surface area (Å²) in [5.74, 6) is -4.98. The zero-order valence-corrected chi connectivity index (χ0v) is 8.18. The average Bonchev–Trinajstić information content (AvgIpc) is 2.15. The fraction of sp³-hybridized carbons (Fsp3) is 0.222. The van der Waals surface area contributed by atoms with Crippen LogP contribution in [-0.4, -0.2) is 12.2 Å². The fourth-order valence-electron chi connectivity index (χ4n) is 1.10. The maximum absolute atomic E-state index is 12.9. The predicted octanol–water partition coefficient (Wildman–Crippen LogP) is 2.83. The summed E-state index contributed by atoms with van der Waals surface area (Å²) in [4.78, 5) is 10.4. The van der Waals surface area contributed by atoms with Crippen LogP contribution < -0.4 is 11.1 Å². The summed E-state index contributed by atoms with van der Waals surface area (Å²) in [5.41, 5.74) is 3.21. The molecule has 94 valence electrons. The fourth-order valence-corrected chi connectivity index (χ4v) is 1.10. The Balaban J connectivity index is 3.11. The summed E-state index contributed by atoms with van der Waals surface area (Å²) >= 11 is 0. The van der Waals surface area contributed by atoms with E-state index in [1.807, 2.05) is 5.32 Å². The van der Waals surface area contributed by atoms with Gasteiger partial charge >= 0.3 is 18.1 Å². The van der Waals surface area contributed by atoms with Gasteiger partial charge in [-0.1, -0.05) is 12.1 Å². The Labute approximate surface area is 92.4 Å². The molecule has 0 heterocycles. The highest BCUT2D eigenvalue weighted by molar-refractivity contribution is 5.87. The van der Waals surface area contributed by atoms with Gasteiger partial charge < -0.3 is 11.1 Å². The number of alkyl halides is 5. The molecule has 0 bridgehead atoms. The second kappa shape index (κ2) is 4.19. The lowest BCUT2D eigenvalue weighted by atomic mass is 10.1. The summed E-state index contributed by atoms with van der Waals surface area (Å²) in [5, 5.41) is 1.91. The van der Waals surface area contributed by atoms with Crippen molar-refractivity contribution in [2.24, 2.45) is 5.73 Å². The molecule has 3 nitrogen and oxygen atoms in total. The third kappa shape index (κ3) is 2.83. The number of carbonyl (C=O) groups excluding carboxylic acids is 1. The average molecular weight is 254 g/mol. The molecule has 8 heteroatoms. The number of anilines is 1. The zero-order chi connectivity index (χ0) is 13.3. The van der Waals surface area contributed by atoms with E-state index in [2.05, 4.69) is 0 Å². The summed E-state index contributed by atoms with van der Waals surface area (Å²) < 4.78 is 62.0. The van der Waals surface area contributed by atoms with Gasteiger partial charge in [-0.05, 0) is 12.1 Å². The van der Waals surface area contributed by atoms with Crippen LogP contribution in [0.3, 0.4) is 0 Å². The SMILES string of the molecule is NC(=O)Nc1cccc(C(F)(F)C(F)(F)F)c1. The molecule has 1 aromatic rings. The predicted molar refractivity (Wildman–Crippen MR) is 49.6 cm³/mol. The van der Waals surface area contributed by atoms with Gasteiger partial charge in [0.2, 0.25) is 0 Å². The summed E-state index contributed by atoms with van der Waals surface area (Å²) in [6.07, 6.45) is -5.70. The summed E-state index contributed by atoms with van der Waals surface area (Å²) in [6, 6.07) is 2.16. The highest BCUT2D eigenvalue weighted by Gasteiger charge is 2.58. The minimum atomic E-state index is -5.70. The molecule has 0 spiro atoms. The van der Waals surface area contributed by atoms with E-state index in [-0.39, 0.29) is 5.69 Å². The minimum Gasteiger partial charge on any atom is -0.351 e. The second-order valence-electron chi connectivity index (χ2n) is 3.14. The maximum Gasteiger partial charge on any atom is 0.458 e. The molecule has 0 aliphatic rings. The highest BCUT2D eigenvalue weighted by atomic mass is 19.4. The lowest BCUT2D eigenvalue weighted by molar-refractivity contribution is -0.289. The molecule has 1 rings (SSSR count). The minimum absolute atomic E-state index is 0.237. The van der Waals surface area contributed by atoms with Crippen molar-refractivity contribution >= 4 is 11.7 Å². The second-order valence-corrected chi connectivity index (χ2v) is 3.14. The highest BCUT2D eigenvalue weighted by Crippen LogP contribution is 2.44. The summed E-state index contributed by atoms with van der Waals surface area (Å²) in [6.45, 7) is 0. The number of nitrogens with two attached hydrogens (primary N) is 1. The third-order valence-electron chi connectivity index (χ3n) is 1.85. The van der Waals surface area contributed by atoms with E-state index < -0.39 is 23.7 Å². The van der Waals surface area contributed by atoms with E-state index in [0.717, 1.165) is 12.1 Å². The van der Waals surface area contributed by atoms with Gasteiger partial charge in [0, 0.05) is 11.3 Å². The molecule has 1 aromatic carbocycles. The smallest absolute Gasteiger partial charge is 0.351 e. The van der Waals surface area contributed by atoms with Gasteiger partial charge in [-0.15, -0.1) is 0 Å². The topological polar surface area (TPSA) is 55.1 Å². The van der Waals surface area contributed by atoms with Crippen LogP contribution in [-0.2, 0) is 5.92 Å². The Morgan fingerprint density at radius 3 is 2.24 bits per heavy atom. The molecule has 0 aromatic heterocycles. The molecule has 17 heavy (non-hydrogen) atoms. The van der Waals surface area contributed by atoms with Crippen LogP contribution in [0.25, 0.3) is 0 Å². The molecule has 0 aliphatic carbocycles. The van der Waals surface area contributed by atoms with Crippen molar-refractivity contribution in [2.75, 3.05) is 5.32 Å². The Kier molecular flexibility index (Phi) is 3.25. The van der Waals surface area contributed by atoms with Gasteiger partial charge in [-0.25, -0.2) is 4.79 Å². The number of carbonyl (C=O) groups is 1. The first-order valence-corrected chi connectivity index (χ1v) is 4.26. The lowest BCUT2D eigenvalue weighted by Gasteiger charge is -2.20. The van der Waals surface area contributed by atoms with Crippen molar-refractivity contribution in [1.29, 1.82) is 0 Å². The van der Waals surface area contributed by atoms with Gasteiger partial charge in [0.15, 0.2) is 0 Å². The molecule has 3 N–H and O–H groups in total. The van der Waals surface area contributed by atoms with Crippen LogP contribution in [0.2, 0.25) is 0 Å². The van der Waals surface area contributed by atoms with Crippen LogP contribution >= 0.6 is 0 Å².